The van der Waals surface area contributed by atoms with Crippen LogP contribution in [0.3, 0.4) is 0 Å². The van der Waals surface area contributed by atoms with Gasteiger partial charge in [0.15, 0.2) is 5.82 Å². The molecule has 5 heteroatoms. The van der Waals surface area contributed by atoms with Crippen molar-refractivity contribution in [3.8, 4) is 23.3 Å². The largest absolute Gasteiger partial charge is 0.278 e. The Kier molecular flexibility index (Phi) is 5.60. The molecule has 0 fully saturated rings. The second-order valence-corrected chi connectivity index (χ2v) is 12.9. The molecule has 0 aliphatic rings. The first-order valence-electron chi connectivity index (χ1n) is 16.9. The molecule has 0 aliphatic heterocycles. The summed E-state index contributed by atoms with van der Waals surface area (Å²) >= 11 is 0. The molecule has 3 heterocycles. The Morgan fingerprint density at radius 3 is 1.24 bits per heavy atom. The molecule has 232 valence electrons. The van der Waals surface area contributed by atoms with Crippen LogP contribution in [-0.4, -0.2) is 24.1 Å². The lowest BCUT2D eigenvalue weighted by Gasteiger charge is -2.15. The van der Waals surface area contributed by atoms with Gasteiger partial charge in [-0.1, -0.05) is 133 Å². The van der Waals surface area contributed by atoms with E-state index >= 15 is 0 Å². The number of hydrogen-bond acceptors (Lipinski definition) is 3. The molecule has 0 N–H and O–H groups in total. The number of para-hydroxylation sites is 4. The maximum absolute atomic E-state index is 5.36. The molecule has 0 saturated carbocycles. The van der Waals surface area contributed by atoms with Crippen LogP contribution in [0.4, 0.5) is 0 Å². The van der Waals surface area contributed by atoms with Gasteiger partial charge in [0.25, 0.3) is 0 Å². The number of benzene rings is 8. The fourth-order valence-electron chi connectivity index (χ4n) is 8.01. The monoisotopic (exact) mass is 637 g/mol. The van der Waals surface area contributed by atoms with E-state index in [-0.39, 0.29) is 0 Å². The molecule has 0 amide bonds. The summed E-state index contributed by atoms with van der Waals surface area (Å²) in [6.45, 7) is 0. The molecular weight excluding hydrogens is 611 g/mol. The third-order valence-electron chi connectivity index (χ3n) is 10.2. The summed E-state index contributed by atoms with van der Waals surface area (Å²) in [5.41, 5.74) is 5.17. The van der Waals surface area contributed by atoms with E-state index in [0.717, 1.165) is 59.9 Å². The Labute approximate surface area is 286 Å². The van der Waals surface area contributed by atoms with E-state index in [2.05, 4.69) is 173 Å². The minimum Gasteiger partial charge on any atom is -0.278 e. The first-order valence-corrected chi connectivity index (χ1v) is 16.9. The second-order valence-electron chi connectivity index (χ2n) is 12.9. The lowest BCUT2D eigenvalue weighted by molar-refractivity contribution is 0.893. The van der Waals surface area contributed by atoms with Gasteiger partial charge in [0.05, 0.1) is 22.1 Å². The molecule has 0 unspecified atom stereocenters. The minimum absolute atomic E-state index is 0.576. The van der Waals surface area contributed by atoms with Crippen molar-refractivity contribution >= 4 is 75.9 Å². The topological polar surface area (TPSA) is 48.5 Å². The predicted octanol–water partition coefficient (Wildman–Crippen LogP) is 11.2. The Morgan fingerprint density at radius 1 is 0.320 bits per heavy atom. The van der Waals surface area contributed by atoms with Gasteiger partial charge in [-0.15, -0.1) is 0 Å². The van der Waals surface area contributed by atoms with E-state index in [1.165, 1.54) is 21.5 Å². The summed E-state index contributed by atoms with van der Waals surface area (Å²) < 4.78 is 4.37. The number of rotatable bonds is 3. The molecule has 8 aromatic carbocycles. The molecule has 0 spiro atoms. The number of hydrogen-bond donors (Lipinski definition) is 0. The molecule has 0 saturated heterocycles. The summed E-state index contributed by atoms with van der Waals surface area (Å²) in [6, 6.07) is 57.9. The van der Waals surface area contributed by atoms with Crippen molar-refractivity contribution in [1.29, 1.82) is 0 Å². The van der Waals surface area contributed by atoms with E-state index in [9.17, 15) is 0 Å². The fraction of sp³-hybridized carbons (Fsp3) is 0. The van der Waals surface area contributed by atoms with Gasteiger partial charge in [0, 0.05) is 27.1 Å². The van der Waals surface area contributed by atoms with E-state index in [1.807, 2.05) is 0 Å². The standard InChI is InChI=1S/C45H27N5/c1-2-14-30-28(13-1)25-26-29-27-37(31-15-3-4-20-36(31)42(29)30)43-46-44(49-38-21-9-5-16-32(38)33-17-6-10-22-39(33)49)48-45(47-43)50-40-23-11-7-18-34(40)35-19-8-12-24-41(35)50/h1-27H. The molecule has 0 radical (unpaired) electrons. The molecule has 11 aromatic rings. The van der Waals surface area contributed by atoms with Gasteiger partial charge >= 0.3 is 0 Å². The van der Waals surface area contributed by atoms with Gasteiger partial charge in [-0.25, -0.2) is 0 Å². The van der Waals surface area contributed by atoms with Crippen molar-refractivity contribution in [3.05, 3.63) is 164 Å². The van der Waals surface area contributed by atoms with Crippen molar-refractivity contribution in [1.82, 2.24) is 24.1 Å². The molecule has 0 aliphatic carbocycles. The zero-order valence-electron chi connectivity index (χ0n) is 26.8. The molecular formula is C45H27N5. The van der Waals surface area contributed by atoms with Crippen LogP contribution in [0.15, 0.2) is 164 Å². The highest BCUT2D eigenvalue weighted by Gasteiger charge is 2.21. The SMILES string of the molecule is c1ccc2c(c1)ccc1cc(-c3nc(-n4c5ccccc5c5ccccc54)nc(-n4c5ccccc5c5ccccc54)n3)c3ccccc3c12. The van der Waals surface area contributed by atoms with Crippen LogP contribution in [0.5, 0.6) is 0 Å². The molecule has 5 nitrogen and oxygen atoms in total. The van der Waals surface area contributed by atoms with E-state index < -0.39 is 0 Å². The van der Waals surface area contributed by atoms with Crippen LogP contribution in [0.2, 0.25) is 0 Å². The van der Waals surface area contributed by atoms with Crippen LogP contribution < -0.4 is 0 Å². The Balaban J connectivity index is 1.29. The summed E-state index contributed by atoms with van der Waals surface area (Å²) in [4.78, 5) is 16.1. The van der Waals surface area contributed by atoms with Gasteiger partial charge in [-0.05, 0) is 62.6 Å². The van der Waals surface area contributed by atoms with E-state index in [1.54, 1.807) is 0 Å². The first kappa shape index (κ1) is 27.1. The van der Waals surface area contributed by atoms with Gasteiger partial charge in [0.2, 0.25) is 11.9 Å². The van der Waals surface area contributed by atoms with Crippen LogP contribution in [0.1, 0.15) is 0 Å². The molecule has 11 rings (SSSR count). The third kappa shape index (κ3) is 3.80. The summed E-state index contributed by atoms with van der Waals surface area (Å²) in [7, 11) is 0. The lowest BCUT2D eigenvalue weighted by atomic mass is 9.93. The molecule has 50 heavy (non-hydrogen) atoms. The highest BCUT2D eigenvalue weighted by molar-refractivity contribution is 6.23. The van der Waals surface area contributed by atoms with Gasteiger partial charge in [-0.2, -0.15) is 15.0 Å². The summed E-state index contributed by atoms with van der Waals surface area (Å²) in [5.74, 6) is 1.78. The predicted molar refractivity (Wildman–Crippen MR) is 206 cm³/mol. The van der Waals surface area contributed by atoms with Crippen LogP contribution >= 0.6 is 0 Å². The Bertz CT molecular complexity index is 2930. The highest BCUT2D eigenvalue weighted by atomic mass is 15.3. The Morgan fingerprint density at radius 2 is 0.720 bits per heavy atom. The second kappa shape index (κ2) is 10.3. The maximum Gasteiger partial charge on any atom is 0.240 e. The quantitative estimate of drug-likeness (QED) is 0.181. The summed E-state index contributed by atoms with van der Waals surface area (Å²) in [5, 5.41) is 11.8. The van der Waals surface area contributed by atoms with Gasteiger partial charge in [-0.3, -0.25) is 9.13 Å². The van der Waals surface area contributed by atoms with Crippen LogP contribution in [0, 0.1) is 0 Å². The average molecular weight is 638 g/mol. The van der Waals surface area contributed by atoms with Gasteiger partial charge < -0.3 is 0 Å². The normalized spacial score (nSPS) is 12.0. The van der Waals surface area contributed by atoms with Crippen molar-refractivity contribution < 1.29 is 0 Å². The first-order chi connectivity index (χ1) is 24.8. The van der Waals surface area contributed by atoms with Crippen molar-refractivity contribution in [2.45, 2.75) is 0 Å². The molecule has 3 aromatic heterocycles. The average Bonchev–Trinajstić information content (AvgIpc) is 3.70. The minimum atomic E-state index is 0.576. The molecule has 0 bridgehead atoms. The van der Waals surface area contributed by atoms with Crippen molar-refractivity contribution in [2.75, 3.05) is 0 Å². The lowest BCUT2D eigenvalue weighted by Crippen LogP contribution is -2.10. The number of fused-ring (bicyclic) bond motifs is 11. The summed E-state index contributed by atoms with van der Waals surface area (Å²) in [6.07, 6.45) is 0. The highest BCUT2D eigenvalue weighted by Crippen LogP contribution is 2.39. The van der Waals surface area contributed by atoms with E-state index in [4.69, 9.17) is 15.0 Å². The zero-order valence-corrected chi connectivity index (χ0v) is 26.8. The van der Waals surface area contributed by atoms with Crippen molar-refractivity contribution in [2.24, 2.45) is 0 Å². The fourth-order valence-corrected chi connectivity index (χ4v) is 8.01. The molecule has 0 atom stereocenters. The van der Waals surface area contributed by atoms with Gasteiger partial charge in [0.1, 0.15) is 0 Å². The van der Waals surface area contributed by atoms with E-state index in [0.29, 0.717) is 17.7 Å². The van der Waals surface area contributed by atoms with Crippen LogP contribution in [-0.2, 0) is 0 Å². The van der Waals surface area contributed by atoms with Crippen molar-refractivity contribution in [3.63, 3.8) is 0 Å². The Hall–Kier alpha value is -6.85. The zero-order chi connectivity index (χ0) is 32.8. The van der Waals surface area contributed by atoms with Crippen LogP contribution in [0.25, 0.3) is 99.2 Å². The smallest absolute Gasteiger partial charge is 0.240 e. The number of aromatic nitrogens is 5. The third-order valence-corrected chi connectivity index (χ3v) is 10.2. The maximum atomic E-state index is 5.36. The number of nitrogens with zero attached hydrogens (tertiary/aromatic N) is 5.